The van der Waals surface area contributed by atoms with Gasteiger partial charge in [-0.1, -0.05) is 35.9 Å². The van der Waals surface area contributed by atoms with Gasteiger partial charge >= 0.3 is 0 Å². The number of anilines is 1. The lowest BCUT2D eigenvalue weighted by Gasteiger charge is -2.09. The first kappa shape index (κ1) is 11.1. The minimum atomic E-state index is 0.648. The minimum absolute atomic E-state index is 0.648. The number of rotatable bonds is 1. The summed E-state index contributed by atoms with van der Waals surface area (Å²) >= 11 is 5.93. The first-order valence-electron chi connectivity index (χ1n) is 5.64. The summed E-state index contributed by atoms with van der Waals surface area (Å²) in [7, 11) is 0. The Bertz CT molecular complexity index is 717. The van der Waals surface area contributed by atoms with Crippen LogP contribution in [0.3, 0.4) is 0 Å². The normalized spacial score (nSPS) is 10.7. The number of fused-ring (bicyclic) bond motifs is 1. The van der Waals surface area contributed by atoms with Crippen LogP contribution in [0.2, 0.25) is 5.02 Å². The van der Waals surface area contributed by atoms with E-state index in [1.54, 1.807) is 12.3 Å². The third-order valence-electron chi connectivity index (χ3n) is 2.99. The van der Waals surface area contributed by atoms with Gasteiger partial charge in [-0.15, -0.1) is 0 Å². The lowest BCUT2D eigenvalue weighted by Crippen LogP contribution is -1.91. The molecule has 18 heavy (non-hydrogen) atoms. The van der Waals surface area contributed by atoms with Crippen LogP contribution < -0.4 is 5.73 Å². The van der Waals surface area contributed by atoms with Gasteiger partial charge in [-0.25, -0.2) is 0 Å². The Balaban J connectivity index is 2.31. The topological polar surface area (TPSA) is 38.9 Å². The number of nitrogen functional groups attached to an aromatic ring is 1. The number of hydrogen-bond donors (Lipinski definition) is 1. The monoisotopic (exact) mass is 254 g/mol. The van der Waals surface area contributed by atoms with Crippen LogP contribution >= 0.6 is 11.6 Å². The van der Waals surface area contributed by atoms with Gasteiger partial charge in [0.05, 0.1) is 0 Å². The van der Waals surface area contributed by atoms with E-state index >= 15 is 0 Å². The van der Waals surface area contributed by atoms with Crippen LogP contribution in [-0.2, 0) is 0 Å². The summed E-state index contributed by atoms with van der Waals surface area (Å²) in [5.74, 6) is 0. The number of aromatic nitrogens is 1. The molecule has 0 saturated heterocycles. The molecule has 0 saturated carbocycles. The van der Waals surface area contributed by atoms with Gasteiger partial charge in [-0.05, 0) is 29.1 Å². The van der Waals surface area contributed by atoms with E-state index in [2.05, 4.69) is 11.1 Å². The second-order valence-electron chi connectivity index (χ2n) is 4.13. The van der Waals surface area contributed by atoms with Gasteiger partial charge in [0.1, 0.15) is 0 Å². The minimum Gasteiger partial charge on any atom is -0.398 e. The number of pyridine rings is 1. The SMILES string of the molecule is Nc1cc(Cl)ccc1-c1cccc2ccncc12. The summed E-state index contributed by atoms with van der Waals surface area (Å²) in [5, 5.41) is 2.89. The maximum absolute atomic E-state index is 6.04. The Hall–Kier alpha value is -2.06. The average molecular weight is 255 g/mol. The van der Waals surface area contributed by atoms with Crippen molar-refractivity contribution in [2.45, 2.75) is 0 Å². The first-order chi connectivity index (χ1) is 8.75. The van der Waals surface area contributed by atoms with Crippen LogP contribution in [0.15, 0.2) is 54.9 Å². The van der Waals surface area contributed by atoms with E-state index in [-0.39, 0.29) is 0 Å². The zero-order valence-corrected chi connectivity index (χ0v) is 10.4. The van der Waals surface area contributed by atoms with Gasteiger partial charge in [-0.3, -0.25) is 4.98 Å². The molecule has 3 heteroatoms. The number of hydrogen-bond acceptors (Lipinski definition) is 2. The van der Waals surface area contributed by atoms with Crippen LogP contribution in [-0.4, -0.2) is 4.98 Å². The van der Waals surface area contributed by atoms with Gasteiger partial charge in [0.25, 0.3) is 0 Å². The lowest BCUT2D eigenvalue weighted by molar-refractivity contribution is 1.36. The molecule has 0 aliphatic rings. The van der Waals surface area contributed by atoms with Crippen molar-refractivity contribution >= 4 is 28.1 Å². The van der Waals surface area contributed by atoms with Crippen LogP contribution in [0.1, 0.15) is 0 Å². The van der Waals surface area contributed by atoms with E-state index in [0.29, 0.717) is 10.7 Å². The zero-order valence-electron chi connectivity index (χ0n) is 9.60. The Morgan fingerprint density at radius 3 is 2.72 bits per heavy atom. The molecule has 3 aromatic rings. The highest BCUT2D eigenvalue weighted by Gasteiger charge is 2.07. The summed E-state index contributed by atoms with van der Waals surface area (Å²) in [4.78, 5) is 4.18. The largest absolute Gasteiger partial charge is 0.398 e. The summed E-state index contributed by atoms with van der Waals surface area (Å²) in [6.45, 7) is 0. The molecule has 0 amide bonds. The van der Waals surface area contributed by atoms with Gasteiger partial charge < -0.3 is 5.73 Å². The third kappa shape index (κ3) is 1.81. The second-order valence-corrected chi connectivity index (χ2v) is 4.57. The molecule has 1 heterocycles. The molecule has 1 aromatic heterocycles. The van der Waals surface area contributed by atoms with Crippen LogP contribution in [0.25, 0.3) is 21.9 Å². The second kappa shape index (κ2) is 4.31. The van der Waals surface area contributed by atoms with Gasteiger partial charge in [0, 0.05) is 34.1 Å². The summed E-state index contributed by atoms with van der Waals surface area (Å²) in [6.07, 6.45) is 3.65. The molecule has 0 atom stereocenters. The number of benzene rings is 2. The lowest BCUT2D eigenvalue weighted by atomic mass is 9.98. The molecular weight excluding hydrogens is 244 g/mol. The predicted octanol–water partition coefficient (Wildman–Crippen LogP) is 4.14. The fourth-order valence-corrected chi connectivity index (χ4v) is 2.31. The van der Waals surface area contributed by atoms with E-state index in [9.17, 15) is 0 Å². The maximum Gasteiger partial charge on any atom is 0.0426 e. The molecule has 88 valence electrons. The van der Waals surface area contributed by atoms with Crippen molar-refractivity contribution in [2.24, 2.45) is 0 Å². The third-order valence-corrected chi connectivity index (χ3v) is 3.22. The predicted molar refractivity (Wildman–Crippen MR) is 76.6 cm³/mol. The molecule has 0 bridgehead atoms. The smallest absolute Gasteiger partial charge is 0.0426 e. The summed E-state index contributed by atoms with van der Waals surface area (Å²) < 4.78 is 0. The van der Waals surface area contributed by atoms with Crippen molar-refractivity contribution < 1.29 is 0 Å². The van der Waals surface area contributed by atoms with E-state index in [0.717, 1.165) is 21.9 Å². The van der Waals surface area contributed by atoms with E-state index in [1.807, 2.05) is 36.5 Å². The molecule has 2 aromatic carbocycles. The fraction of sp³-hybridized carbons (Fsp3) is 0. The number of nitrogens with two attached hydrogens (primary N) is 1. The highest BCUT2D eigenvalue weighted by molar-refractivity contribution is 6.31. The van der Waals surface area contributed by atoms with Crippen molar-refractivity contribution in [2.75, 3.05) is 5.73 Å². The molecule has 0 radical (unpaired) electrons. The molecule has 0 aliphatic heterocycles. The van der Waals surface area contributed by atoms with Crippen molar-refractivity contribution in [3.05, 3.63) is 59.9 Å². The highest BCUT2D eigenvalue weighted by Crippen LogP contribution is 2.33. The van der Waals surface area contributed by atoms with E-state index < -0.39 is 0 Å². The summed E-state index contributed by atoms with van der Waals surface area (Å²) in [5.41, 5.74) is 8.78. The fourth-order valence-electron chi connectivity index (χ4n) is 2.13. The van der Waals surface area contributed by atoms with Crippen molar-refractivity contribution in [3.8, 4) is 11.1 Å². The van der Waals surface area contributed by atoms with Gasteiger partial charge in [0.15, 0.2) is 0 Å². The average Bonchev–Trinajstić information content (AvgIpc) is 2.38. The Kier molecular flexibility index (Phi) is 2.65. The molecule has 0 spiro atoms. The quantitative estimate of drug-likeness (QED) is 0.663. The van der Waals surface area contributed by atoms with Gasteiger partial charge in [0.2, 0.25) is 0 Å². The van der Waals surface area contributed by atoms with E-state index in [4.69, 9.17) is 17.3 Å². The van der Waals surface area contributed by atoms with Crippen LogP contribution in [0, 0.1) is 0 Å². The summed E-state index contributed by atoms with van der Waals surface area (Å²) in [6, 6.07) is 13.7. The number of halogens is 1. The van der Waals surface area contributed by atoms with Crippen LogP contribution in [0.5, 0.6) is 0 Å². The van der Waals surface area contributed by atoms with E-state index in [1.165, 1.54) is 0 Å². The Labute approximate surface area is 110 Å². The zero-order chi connectivity index (χ0) is 12.5. The highest BCUT2D eigenvalue weighted by atomic mass is 35.5. The molecule has 2 nitrogen and oxygen atoms in total. The molecular formula is C15H11ClN2. The van der Waals surface area contributed by atoms with Crippen molar-refractivity contribution in [1.82, 2.24) is 4.98 Å². The standard InChI is InChI=1S/C15H11ClN2/c16-11-4-5-13(15(17)8-11)12-3-1-2-10-6-7-18-9-14(10)12/h1-9H,17H2. The Morgan fingerprint density at radius 1 is 1.00 bits per heavy atom. The first-order valence-corrected chi connectivity index (χ1v) is 6.01. The van der Waals surface area contributed by atoms with Crippen LogP contribution in [0.4, 0.5) is 5.69 Å². The molecule has 2 N–H and O–H groups in total. The molecule has 0 unspecified atom stereocenters. The molecule has 0 aliphatic carbocycles. The number of nitrogens with zero attached hydrogens (tertiary/aromatic N) is 1. The van der Waals surface area contributed by atoms with Crippen molar-refractivity contribution in [1.29, 1.82) is 0 Å². The molecule has 0 fully saturated rings. The molecule has 3 rings (SSSR count). The van der Waals surface area contributed by atoms with Gasteiger partial charge in [-0.2, -0.15) is 0 Å². The Morgan fingerprint density at radius 2 is 1.89 bits per heavy atom. The maximum atomic E-state index is 6.04. The van der Waals surface area contributed by atoms with Crippen molar-refractivity contribution in [3.63, 3.8) is 0 Å².